The van der Waals surface area contributed by atoms with E-state index in [-0.39, 0.29) is 11.6 Å². The number of benzene rings is 2. The van der Waals surface area contributed by atoms with Gasteiger partial charge in [0.2, 0.25) is 0 Å². The van der Waals surface area contributed by atoms with Crippen molar-refractivity contribution in [2.75, 3.05) is 23.3 Å². The number of carbonyl (C=O) groups is 1. The Hall–Kier alpha value is -2.98. The minimum Gasteiger partial charge on any atom is -0.371 e. The van der Waals surface area contributed by atoms with E-state index in [1.54, 1.807) is 23.7 Å². The molecule has 0 spiro atoms. The molecule has 1 aromatic heterocycles. The Morgan fingerprint density at radius 1 is 1.23 bits per heavy atom. The summed E-state index contributed by atoms with van der Waals surface area (Å²) >= 11 is 2.96. The molecule has 8 nitrogen and oxygen atoms in total. The number of hydrogen-bond donors (Lipinski definition) is 1. The van der Waals surface area contributed by atoms with Crippen LogP contribution < -0.4 is 10.2 Å². The minimum atomic E-state index is -0.474. The maximum atomic E-state index is 13.1. The van der Waals surface area contributed by atoms with Crippen molar-refractivity contribution in [3.05, 3.63) is 63.7 Å². The largest absolute Gasteiger partial charge is 0.371 e. The number of nitro groups is 1. The molecule has 4 rings (SSSR count). The molecule has 0 radical (unpaired) electrons. The van der Waals surface area contributed by atoms with Crippen molar-refractivity contribution in [2.45, 2.75) is 29.0 Å². The lowest BCUT2D eigenvalue weighted by atomic mass is 9.98. The van der Waals surface area contributed by atoms with Gasteiger partial charge in [-0.25, -0.2) is 0 Å². The molecule has 1 aliphatic heterocycles. The van der Waals surface area contributed by atoms with Gasteiger partial charge in [-0.05, 0) is 49.1 Å². The minimum absolute atomic E-state index is 0.0944. The molecule has 1 amide bonds. The second-order valence-electron chi connectivity index (χ2n) is 7.41. The molecule has 160 valence electrons. The fraction of sp³-hybridized carbons (Fsp3) is 0.286. The summed E-state index contributed by atoms with van der Waals surface area (Å²) in [5.74, 6) is 0.282. The highest BCUT2D eigenvalue weighted by Gasteiger charge is 2.23. The van der Waals surface area contributed by atoms with Crippen LogP contribution in [0.4, 0.5) is 17.1 Å². The van der Waals surface area contributed by atoms with Crippen LogP contribution in [0.1, 0.15) is 30.1 Å². The second kappa shape index (κ2) is 9.44. The molecule has 1 saturated heterocycles. The summed E-state index contributed by atoms with van der Waals surface area (Å²) < 4.78 is 0.842. The van der Waals surface area contributed by atoms with E-state index in [1.807, 2.05) is 12.1 Å². The summed E-state index contributed by atoms with van der Waals surface area (Å²) in [6, 6.07) is 11.9. The topological polar surface area (TPSA) is 101 Å². The van der Waals surface area contributed by atoms with Crippen molar-refractivity contribution < 1.29 is 9.72 Å². The van der Waals surface area contributed by atoms with Gasteiger partial charge < -0.3 is 10.2 Å². The molecule has 0 saturated carbocycles. The number of non-ortho nitro benzene ring substituents is 1. The second-order valence-corrected chi connectivity index (χ2v) is 9.57. The molecule has 0 aliphatic carbocycles. The molecule has 31 heavy (non-hydrogen) atoms. The van der Waals surface area contributed by atoms with Gasteiger partial charge in [-0.2, -0.15) is 0 Å². The van der Waals surface area contributed by atoms with Gasteiger partial charge in [-0.3, -0.25) is 14.9 Å². The monoisotopic (exact) mass is 455 g/mol. The molecule has 1 aliphatic rings. The average Bonchev–Trinajstić information content (AvgIpc) is 3.28. The average molecular weight is 456 g/mol. The number of aromatic nitrogens is 2. The maximum absolute atomic E-state index is 13.1. The number of rotatable bonds is 6. The molecule has 0 unspecified atom stereocenters. The smallest absolute Gasteiger partial charge is 0.270 e. The number of hydrogen-bond acceptors (Lipinski definition) is 8. The first kappa shape index (κ1) is 21.3. The third-order valence-electron chi connectivity index (χ3n) is 5.22. The number of carbonyl (C=O) groups excluding carboxylic acids is 1. The van der Waals surface area contributed by atoms with Gasteiger partial charge in [0.15, 0.2) is 4.34 Å². The third kappa shape index (κ3) is 5.20. The lowest BCUT2D eigenvalue weighted by Gasteiger charge is -2.33. The van der Waals surface area contributed by atoms with Crippen LogP contribution in [0.5, 0.6) is 0 Å². The van der Waals surface area contributed by atoms with E-state index in [9.17, 15) is 14.9 Å². The van der Waals surface area contributed by atoms with Gasteiger partial charge in [-0.15, -0.1) is 10.2 Å². The van der Waals surface area contributed by atoms with Gasteiger partial charge >= 0.3 is 0 Å². The number of amides is 1. The molecule has 3 aromatic rings. The molecule has 0 atom stereocenters. The van der Waals surface area contributed by atoms with E-state index < -0.39 is 4.92 Å². The van der Waals surface area contributed by atoms with E-state index in [1.165, 1.54) is 35.2 Å². The predicted octanol–water partition coefficient (Wildman–Crippen LogP) is 5.09. The molecule has 1 N–H and O–H groups in total. The molecule has 2 heterocycles. The normalized spacial score (nSPS) is 14.4. The van der Waals surface area contributed by atoms with Crippen molar-refractivity contribution in [3.8, 4) is 0 Å². The maximum Gasteiger partial charge on any atom is 0.270 e. The highest BCUT2D eigenvalue weighted by Crippen LogP contribution is 2.31. The number of anilines is 2. The van der Waals surface area contributed by atoms with Gasteiger partial charge in [0.25, 0.3) is 11.6 Å². The zero-order valence-corrected chi connectivity index (χ0v) is 18.5. The number of nitro benzene ring substituents is 1. The van der Waals surface area contributed by atoms with Gasteiger partial charge in [0, 0.05) is 35.8 Å². The standard InChI is InChI=1S/C21H21N5O3S2/c1-14-8-10-25(11-9-14)19-7-4-16(26(28)29)12-18(19)20(27)23-15-2-5-17(6-3-15)31-21-24-22-13-30-21/h2-7,12-14H,8-11H2,1H3,(H,23,27). The summed E-state index contributed by atoms with van der Waals surface area (Å²) in [5, 5.41) is 22.0. The summed E-state index contributed by atoms with van der Waals surface area (Å²) in [4.78, 5) is 27.0. The number of nitrogens with one attached hydrogen (secondary N) is 1. The fourth-order valence-electron chi connectivity index (χ4n) is 3.46. The first-order valence-corrected chi connectivity index (χ1v) is 11.6. The zero-order valence-electron chi connectivity index (χ0n) is 16.9. The first-order valence-electron chi connectivity index (χ1n) is 9.88. The summed E-state index contributed by atoms with van der Waals surface area (Å²) in [6.07, 6.45) is 2.07. The van der Waals surface area contributed by atoms with Gasteiger partial charge in [0.1, 0.15) is 5.51 Å². The van der Waals surface area contributed by atoms with Crippen LogP contribution in [0.25, 0.3) is 0 Å². The Kier molecular flexibility index (Phi) is 6.47. The lowest BCUT2D eigenvalue weighted by Crippen LogP contribution is -2.34. The Balaban J connectivity index is 1.53. The molecule has 2 aromatic carbocycles. The summed E-state index contributed by atoms with van der Waals surface area (Å²) in [5.41, 5.74) is 3.25. The summed E-state index contributed by atoms with van der Waals surface area (Å²) in [7, 11) is 0. The Labute approximate surface area is 187 Å². The zero-order chi connectivity index (χ0) is 21.8. The van der Waals surface area contributed by atoms with Crippen molar-refractivity contribution >= 4 is 46.1 Å². The highest BCUT2D eigenvalue weighted by molar-refractivity contribution is 8.01. The van der Waals surface area contributed by atoms with E-state index >= 15 is 0 Å². The van der Waals surface area contributed by atoms with Crippen LogP contribution in [-0.4, -0.2) is 34.1 Å². The van der Waals surface area contributed by atoms with Crippen LogP contribution in [-0.2, 0) is 0 Å². The van der Waals surface area contributed by atoms with Crippen LogP contribution >= 0.6 is 23.1 Å². The van der Waals surface area contributed by atoms with Crippen molar-refractivity contribution in [2.24, 2.45) is 5.92 Å². The molecule has 1 fully saturated rings. The van der Waals surface area contributed by atoms with Crippen molar-refractivity contribution in [1.82, 2.24) is 10.2 Å². The van der Waals surface area contributed by atoms with E-state index in [0.717, 1.165) is 40.9 Å². The molecular formula is C21H21N5O3S2. The van der Waals surface area contributed by atoms with Crippen LogP contribution in [0.15, 0.2) is 57.2 Å². The predicted molar refractivity (Wildman–Crippen MR) is 122 cm³/mol. The fourth-order valence-corrected chi connectivity index (χ4v) is 4.91. The van der Waals surface area contributed by atoms with Crippen molar-refractivity contribution in [3.63, 3.8) is 0 Å². The lowest BCUT2D eigenvalue weighted by molar-refractivity contribution is -0.384. The highest BCUT2D eigenvalue weighted by atomic mass is 32.2. The Bertz CT molecular complexity index is 1070. The number of nitrogens with zero attached hydrogens (tertiary/aromatic N) is 4. The van der Waals surface area contributed by atoms with Crippen LogP contribution in [0.2, 0.25) is 0 Å². The molecular weight excluding hydrogens is 434 g/mol. The SMILES string of the molecule is CC1CCN(c2ccc([N+](=O)[O-])cc2C(=O)Nc2ccc(Sc3nncs3)cc2)CC1. The summed E-state index contributed by atoms with van der Waals surface area (Å²) in [6.45, 7) is 3.88. The quantitative estimate of drug-likeness (QED) is 0.408. The van der Waals surface area contributed by atoms with E-state index in [4.69, 9.17) is 0 Å². The molecule has 10 heteroatoms. The van der Waals surface area contributed by atoms with Crippen molar-refractivity contribution in [1.29, 1.82) is 0 Å². The van der Waals surface area contributed by atoms with Gasteiger partial charge in [-0.1, -0.05) is 30.0 Å². The van der Waals surface area contributed by atoms with E-state index in [0.29, 0.717) is 17.2 Å². The van der Waals surface area contributed by atoms with Crippen LogP contribution in [0.3, 0.4) is 0 Å². The molecule has 0 bridgehead atoms. The van der Waals surface area contributed by atoms with Gasteiger partial charge in [0.05, 0.1) is 16.2 Å². The first-order chi connectivity index (χ1) is 15.0. The third-order valence-corrected chi connectivity index (χ3v) is 7.00. The number of piperidine rings is 1. The Morgan fingerprint density at radius 2 is 1.97 bits per heavy atom. The van der Waals surface area contributed by atoms with E-state index in [2.05, 4.69) is 27.3 Å². The Morgan fingerprint density at radius 3 is 2.61 bits per heavy atom. The van der Waals surface area contributed by atoms with Crippen LogP contribution in [0, 0.1) is 16.0 Å².